The minimum absolute atomic E-state index is 0.0879. The summed E-state index contributed by atoms with van der Waals surface area (Å²) in [5.41, 5.74) is 2.15. The first-order chi connectivity index (χ1) is 13.4. The fourth-order valence-electron chi connectivity index (χ4n) is 3.00. The molecule has 1 saturated heterocycles. The summed E-state index contributed by atoms with van der Waals surface area (Å²) in [6, 6.07) is 6.11. The number of piperidine rings is 1. The highest BCUT2D eigenvalue weighted by molar-refractivity contribution is 5.97. The van der Waals surface area contributed by atoms with Gasteiger partial charge >= 0.3 is 0 Å². The van der Waals surface area contributed by atoms with Crippen LogP contribution in [0.4, 0.5) is 0 Å². The van der Waals surface area contributed by atoms with E-state index in [0.29, 0.717) is 44.9 Å². The van der Waals surface area contributed by atoms with E-state index in [9.17, 15) is 9.59 Å². The van der Waals surface area contributed by atoms with Crippen molar-refractivity contribution in [2.24, 2.45) is 4.99 Å². The van der Waals surface area contributed by atoms with Crippen LogP contribution in [-0.2, 0) is 16.1 Å². The molecule has 2 amide bonds. The van der Waals surface area contributed by atoms with E-state index >= 15 is 0 Å². The Hall–Kier alpha value is -2.57. The number of hydrogen-bond acceptors (Lipinski definition) is 4. The van der Waals surface area contributed by atoms with Gasteiger partial charge in [0, 0.05) is 38.0 Å². The first-order valence-electron chi connectivity index (χ1n) is 10.0. The minimum atomic E-state index is -0.0879. The number of carbonyl (C=O) groups is 2. The molecule has 0 unspecified atom stereocenters. The maximum Gasteiger partial charge on any atom is 0.229 e. The number of hydrogen-bond donors (Lipinski definition) is 2. The molecule has 0 radical (unpaired) electrons. The number of rotatable bonds is 8. The predicted octanol–water partition coefficient (Wildman–Crippen LogP) is 2.38. The molecule has 7 nitrogen and oxygen atoms in total. The molecule has 28 heavy (non-hydrogen) atoms. The average molecular weight is 389 g/mol. The second-order valence-electron chi connectivity index (χ2n) is 7.19. The Morgan fingerprint density at radius 1 is 1.21 bits per heavy atom. The zero-order valence-corrected chi connectivity index (χ0v) is 17.4. The van der Waals surface area contributed by atoms with Gasteiger partial charge in [0.15, 0.2) is 5.96 Å². The number of carbonyl (C=O) groups excluding carboxylic acids is 2. The summed E-state index contributed by atoms with van der Waals surface area (Å²) in [6.45, 7) is 10.0. The third-order valence-corrected chi connectivity index (χ3v) is 4.35. The van der Waals surface area contributed by atoms with E-state index in [1.807, 2.05) is 45.9 Å². The number of aryl methyl sites for hydroxylation is 1. The van der Waals surface area contributed by atoms with Crippen LogP contribution in [0.2, 0.25) is 0 Å². The van der Waals surface area contributed by atoms with Gasteiger partial charge in [0.05, 0.1) is 12.6 Å². The van der Waals surface area contributed by atoms with Crippen molar-refractivity contribution < 1.29 is 14.3 Å². The SMILES string of the molecule is CCNC(=NCc1ccc(C)cc1OC(C)C)NCCN1C(=O)CCCC1=O. The molecule has 154 valence electrons. The molecule has 2 N–H and O–H groups in total. The second kappa shape index (κ2) is 10.7. The van der Waals surface area contributed by atoms with Crippen molar-refractivity contribution in [3.63, 3.8) is 0 Å². The number of aliphatic imine (C=N–C) groups is 1. The summed E-state index contributed by atoms with van der Waals surface area (Å²) >= 11 is 0. The molecule has 0 atom stereocenters. The van der Waals surface area contributed by atoms with E-state index in [1.165, 1.54) is 4.90 Å². The lowest BCUT2D eigenvalue weighted by Crippen LogP contribution is -2.46. The van der Waals surface area contributed by atoms with E-state index in [4.69, 9.17) is 4.74 Å². The summed E-state index contributed by atoms with van der Waals surface area (Å²) in [6.07, 6.45) is 1.65. The third-order valence-electron chi connectivity index (χ3n) is 4.35. The van der Waals surface area contributed by atoms with Gasteiger partial charge in [-0.15, -0.1) is 0 Å². The topological polar surface area (TPSA) is 83.0 Å². The van der Waals surface area contributed by atoms with Gasteiger partial charge in [0.1, 0.15) is 5.75 Å². The lowest BCUT2D eigenvalue weighted by atomic mass is 10.1. The molecule has 1 heterocycles. The highest BCUT2D eigenvalue weighted by Gasteiger charge is 2.25. The Morgan fingerprint density at radius 3 is 2.57 bits per heavy atom. The summed E-state index contributed by atoms with van der Waals surface area (Å²) in [5.74, 6) is 1.32. The van der Waals surface area contributed by atoms with E-state index in [-0.39, 0.29) is 17.9 Å². The molecular formula is C21H32N4O3. The first-order valence-corrected chi connectivity index (χ1v) is 10.0. The molecule has 7 heteroatoms. The van der Waals surface area contributed by atoms with E-state index < -0.39 is 0 Å². The fourth-order valence-corrected chi connectivity index (χ4v) is 3.00. The number of nitrogens with zero attached hydrogens (tertiary/aromatic N) is 2. The molecule has 0 spiro atoms. The summed E-state index contributed by atoms with van der Waals surface area (Å²) < 4.78 is 5.91. The maximum atomic E-state index is 11.9. The molecule has 1 aliphatic heterocycles. The van der Waals surface area contributed by atoms with Gasteiger partial charge in [-0.1, -0.05) is 12.1 Å². The van der Waals surface area contributed by atoms with Crippen LogP contribution in [0.25, 0.3) is 0 Å². The molecule has 1 aliphatic rings. The Labute approximate surface area is 167 Å². The number of imide groups is 1. The van der Waals surface area contributed by atoms with Crippen LogP contribution in [-0.4, -0.2) is 48.4 Å². The molecular weight excluding hydrogens is 356 g/mol. The van der Waals surface area contributed by atoms with Gasteiger partial charge in [-0.25, -0.2) is 4.99 Å². The molecule has 0 aliphatic carbocycles. The minimum Gasteiger partial charge on any atom is -0.491 e. The van der Waals surface area contributed by atoms with Gasteiger partial charge in [-0.3, -0.25) is 14.5 Å². The summed E-state index contributed by atoms with van der Waals surface area (Å²) in [7, 11) is 0. The van der Waals surface area contributed by atoms with Crippen LogP contribution in [0.5, 0.6) is 5.75 Å². The number of ether oxygens (including phenoxy) is 1. The van der Waals surface area contributed by atoms with Crippen molar-refractivity contribution in [1.82, 2.24) is 15.5 Å². The molecule has 0 aromatic heterocycles. The number of amides is 2. The standard InChI is InChI=1S/C21H32N4O3/c1-5-22-21(23-11-12-25-19(26)7-6-8-20(25)27)24-14-17-10-9-16(4)13-18(17)28-15(2)3/h9-10,13,15H,5-8,11-12,14H2,1-4H3,(H2,22,23,24). The smallest absolute Gasteiger partial charge is 0.229 e. The third kappa shape index (κ3) is 6.55. The van der Waals surface area contributed by atoms with Crippen molar-refractivity contribution in [1.29, 1.82) is 0 Å². The number of benzene rings is 1. The highest BCUT2D eigenvalue weighted by atomic mass is 16.5. The van der Waals surface area contributed by atoms with Crippen LogP contribution >= 0.6 is 0 Å². The summed E-state index contributed by atoms with van der Waals surface area (Å²) in [5, 5.41) is 6.40. The van der Waals surface area contributed by atoms with Gasteiger partial charge in [0.25, 0.3) is 0 Å². The Morgan fingerprint density at radius 2 is 1.93 bits per heavy atom. The van der Waals surface area contributed by atoms with Crippen molar-refractivity contribution in [3.8, 4) is 5.75 Å². The van der Waals surface area contributed by atoms with Crippen LogP contribution in [0.3, 0.4) is 0 Å². The molecule has 1 aromatic carbocycles. The molecule has 0 saturated carbocycles. The molecule has 2 rings (SSSR count). The zero-order chi connectivity index (χ0) is 20.5. The molecule has 1 fully saturated rings. The Balaban J connectivity index is 1.98. The Kier molecular flexibility index (Phi) is 8.29. The largest absolute Gasteiger partial charge is 0.491 e. The number of likely N-dealkylation sites (tertiary alicyclic amines) is 1. The van der Waals surface area contributed by atoms with E-state index in [1.54, 1.807) is 0 Å². The number of nitrogens with one attached hydrogen (secondary N) is 2. The van der Waals surface area contributed by atoms with Gasteiger partial charge in [0.2, 0.25) is 11.8 Å². The van der Waals surface area contributed by atoms with Crippen LogP contribution in [0.1, 0.15) is 51.2 Å². The fraction of sp³-hybridized carbons (Fsp3) is 0.571. The lowest BCUT2D eigenvalue weighted by Gasteiger charge is -2.25. The number of guanidine groups is 1. The highest BCUT2D eigenvalue weighted by Crippen LogP contribution is 2.22. The van der Waals surface area contributed by atoms with Gasteiger partial charge < -0.3 is 15.4 Å². The van der Waals surface area contributed by atoms with Crippen LogP contribution in [0, 0.1) is 6.92 Å². The zero-order valence-electron chi connectivity index (χ0n) is 17.4. The normalized spacial score (nSPS) is 15.2. The quantitative estimate of drug-likeness (QED) is 0.406. The summed E-state index contributed by atoms with van der Waals surface area (Å²) in [4.78, 5) is 29.7. The van der Waals surface area contributed by atoms with E-state index in [2.05, 4.69) is 15.6 Å². The van der Waals surface area contributed by atoms with Crippen LogP contribution in [0.15, 0.2) is 23.2 Å². The van der Waals surface area contributed by atoms with E-state index in [0.717, 1.165) is 23.4 Å². The lowest BCUT2D eigenvalue weighted by molar-refractivity contribution is -0.147. The van der Waals surface area contributed by atoms with Crippen molar-refractivity contribution in [2.75, 3.05) is 19.6 Å². The van der Waals surface area contributed by atoms with Gasteiger partial charge in [-0.2, -0.15) is 0 Å². The monoisotopic (exact) mass is 388 g/mol. The van der Waals surface area contributed by atoms with Crippen molar-refractivity contribution >= 4 is 17.8 Å². The predicted molar refractivity (Wildman–Crippen MR) is 110 cm³/mol. The maximum absolute atomic E-state index is 11.9. The van der Waals surface area contributed by atoms with Crippen molar-refractivity contribution in [3.05, 3.63) is 29.3 Å². The molecule has 0 bridgehead atoms. The van der Waals surface area contributed by atoms with Gasteiger partial charge in [-0.05, 0) is 45.7 Å². The Bertz CT molecular complexity index is 700. The molecule has 1 aromatic rings. The average Bonchev–Trinajstić information content (AvgIpc) is 2.62. The van der Waals surface area contributed by atoms with Crippen molar-refractivity contribution in [2.45, 2.75) is 59.6 Å². The van der Waals surface area contributed by atoms with Crippen LogP contribution < -0.4 is 15.4 Å². The second-order valence-corrected chi connectivity index (χ2v) is 7.19. The first kappa shape index (κ1) is 21.7.